The number of methoxy groups -OCH3 is 1. The number of aryl methyl sites for hydroxylation is 1. The fourth-order valence-corrected chi connectivity index (χ4v) is 2.28. The van der Waals surface area contributed by atoms with Gasteiger partial charge in [0, 0.05) is 6.04 Å². The summed E-state index contributed by atoms with van der Waals surface area (Å²) in [5.74, 6) is 1.61. The van der Waals surface area contributed by atoms with Crippen molar-refractivity contribution in [3.05, 3.63) is 29.3 Å². The van der Waals surface area contributed by atoms with Gasteiger partial charge in [-0.25, -0.2) is 0 Å². The topological polar surface area (TPSA) is 21.3 Å². The minimum Gasteiger partial charge on any atom is -0.496 e. The molecule has 0 heterocycles. The summed E-state index contributed by atoms with van der Waals surface area (Å²) in [6.07, 6.45) is 2.36. The van der Waals surface area contributed by atoms with Crippen LogP contribution in [-0.4, -0.2) is 13.7 Å². The number of hydrogen-bond acceptors (Lipinski definition) is 2. The highest BCUT2D eigenvalue weighted by molar-refractivity contribution is 5.37. The van der Waals surface area contributed by atoms with Crippen molar-refractivity contribution in [1.29, 1.82) is 0 Å². The van der Waals surface area contributed by atoms with E-state index in [1.165, 1.54) is 24.0 Å². The van der Waals surface area contributed by atoms with Crippen LogP contribution in [0.25, 0.3) is 0 Å². The van der Waals surface area contributed by atoms with Gasteiger partial charge in [-0.2, -0.15) is 0 Å². The molecule has 0 aliphatic heterocycles. The molecular weight excluding hydrogens is 222 g/mol. The highest BCUT2D eigenvalue weighted by atomic mass is 16.5. The predicted octanol–water partition coefficient (Wildman–Crippen LogP) is 4.09. The lowest BCUT2D eigenvalue weighted by molar-refractivity contribution is 0.375. The highest BCUT2D eigenvalue weighted by Gasteiger charge is 2.17. The van der Waals surface area contributed by atoms with E-state index in [2.05, 4.69) is 51.2 Å². The third kappa shape index (κ3) is 3.74. The smallest absolute Gasteiger partial charge is 0.121 e. The first kappa shape index (κ1) is 15.0. The Morgan fingerprint density at radius 3 is 2.50 bits per heavy atom. The van der Waals surface area contributed by atoms with Gasteiger partial charge in [0.2, 0.25) is 0 Å². The van der Waals surface area contributed by atoms with Crippen LogP contribution in [-0.2, 0) is 0 Å². The quantitative estimate of drug-likeness (QED) is 0.786. The summed E-state index contributed by atoms with van der Waals surface area (Å²) in [5, 5.41) is 3.66. The molecule has 2 unspecified atom stereocenters. The normalized spacial score (nSPS) is 14.3. The molecule has 102 valence electrons. The summed E-state index contributed by atoms with van der Waals surface area (Å²) in [4.78, 5) is 0. The summed E-state index contributed by atoms with van der Waals surface area (Å²) in [5.41, 5.74) is 2.58. The second-order valence-corrected chi connectivity index (χ2v) is 5.05. The van der Waals surface area contributed by atoms with E-state index in [4.69, 9.17) is 4.74 Å². The zero-order valence-corrected chi connectivity index (χ0v) is 12.4. The Balaban J connectivity index is 2.93. The molecule has 0 aromatic heterocycles. The number of benzene rings is 1. The Morgan fingerprint density at radius 2 is 2.00 bits per heavy atom. The van der Waals surface area contributed by atoms with Crippen LogP contribution in [0.3, 0.4) is 0 Å². The van der Waals surface area contributed by atoms with Crippen molar-refractivity contribution < 1.29 is 4.74 Å². The molecule has 1 rings (SSSR count). The van der Waals surface area contributed by atoms with Crippen molar-refractivity contribution in [3.8, 4) is 5.75 Å². The van der Waals surface area contributed by atoms with Crippen LogP contribution in [0, 0.1) is 12.8 Å². The van der Waals surface area contributed by atoms with Gasteiger partial charge in [-0.05, 0) is 43.0 Å². The Bertz CT molecular complexity index is 362. The molecule has 0 aliphatic carbocycles. The highest BCUT2D eigenvalue weighted by Crippen LogP contribution is 2.28. The van der Waals surface area contributed by atoms with Gasteiger partial charge in [0.1, 0.15) is 5.75 Å². The Labute approximate surface area is 112 Å². The van der Waals surface area contributed by atoms with Crippen molar-refractivity contribution in [1.82, 2.24) is 5.32 Å². The molecule has 0 bridgehead atoms. The predicted molar refractivity (Wildman–Crippen MR) is 78.2 cm³/mol. The van der Waals surface area contributed by atoms with Gasteiger partial charge in [0.05, 0.1) is 7.11 Å². The third-order valence-corrected chi connectivity index (χ3v) is 3.61. The maximum Gasteiger partial charge on any atom is 0.121 e. The van der Waals surface area contributed by atoms with Gasteiger partial charge >= 0.3 is 0 Å². The van der Waals surface area contributed by atoms with E-state index in [-0.39, 0.29) is 0 Å². The lowest BCUT2D eigenvalue weighted by atomic mass is 9.91. The van der Waals surface area contributed by atoms with Gasteiger partial charge in [-0.3, -0.25) is 0 Å². The van der Waals surface area contributed by atoms with Crippen molar-refractivity contribution in [2.45, 2.75) is 46.6 Å². The van der Waals surface area contributed by atoms with Crippen LogP contribution in [0.1, 0.15) is 50.8 Å². The summed E-state index contributed by atoms with van der Waals surface area (Å²) in [7, 11) is 1.73. The molecule has 0 spiro atoms. The fourth-order valence-electron chi connectivity index (χ4n) is 2.28. The first-order valence-electron chi connectivity index (χ1n) is 7.01. The molecule has 0 radical (unpaired) electrons. The van der Waals surface area contributed by atoms with Gasteiger partial charge in [0.25, 0.3) is 0 Å². The first-order chi connectivity index (χ1) is 8.63. The fraction of sp³-hybridized carbons (Fsp3) is 0.625. The monoisotopic (exact) mass is 249 g/mol. The molecule has 0 saturated heterocycles. The molecule has 0 aliphatic rings. The van der Waals surface area contributed by atoms with E-state index in [0.717, 1.165) is 12.3 Å². The zero-order valence-electron chi connectivity index (χ0n) is 12.4. The number of hydrogen-bond donors (Lipinski definition) is 1. The van der Waals surface area contributed by atoms with E-state index >= 15 is 0 Å². The van der Waals surface area contributed by atoms with Crippen molar-refractivity contribution >= 4 is 0 Å². The average Bonchev–Trinajstić information content (AvgIpc) is 2.39. The van der Waals surface area contributed by atoms with Crippen LogP contribution < -0.4 is 10.1 Å². The lowest BCUT2D eigenvalue weighted by Gasteiger charge is -2.25. The molecule has 2 heteroatoms. The van der Waals surface area contributed by atoms with Crippen molar-refractivity contribution in [2.75, 3.05) is 13.7 Å². The Hall–Kier alpha value is -1.02. The maximum absolute atomic E-state index is 5.33. The van der Waals surface area contributed by atoms with Crippen LogP contribution in [0.2, 0.25) is 0 Å². The molecular formula is C16H27NO. The number of ether oxygens (including phenoxy) is 1. The van der Waals surface area contributed by atoms with E-state index in [0.29, 0.717) is 12.0 Å². The molecule has 2 atom stereocenters. The van der Waals surface area contributed by atoms with Crippen molar-refractivity contribution in [2.24, 2.45) is 5.92 Å². The summed E-state index contributed by atoms with van der Waals surface area (Å²) in [6.45, 7) is 9.95. The second kappa shape index (κ2) is 7.42. The molecule has 18 heavy (non-hydrogen) atoms. The molecule has 0 amide bonds. The largest absolute Gasteiger partial charge is 0.496 e. The standard InChI is InChI=1S/C16H27NO/c1-6-10-17-16(12(3)7-2)14-8-9-15(18-5)13(4)11-14/h8-9,11-12,16-17H,6-7,10H2,1-5H3. The minimum atomic E-state index is 0.444. The Morgan fingerprint density at radius 1 is 1.28 bits per heavy atom. The maximum atomic E-state index is 5.33. The second-order valence-electron chi connectivity index (χ2n) is 5.05. The number of rotatable bonds is 7. The van der Waals surface area contributed by atoms with Crippen LogP contribution in [0.4, 0.5) is 0 Å². The zero-order chi connectivity index (χ0) is 13.5. The van der Waals surface area contributed by atoms with E-state index in [1.54, 1.807) is 7.11 Å². The number of nitrogens with one attached hydrogen (secondary N) is 1. The summed E-state index contributed by atoms with van der Waals surface area (Å²) in [6, 6.07) is 6.96. The van der Waals surface area contributed by atoms with Crippen LogP contribution in [0.15, 0.2) is 18.2 Å². The average molecular weight is 249 g/mol. The minimum absolute atomic E-state index is 0.444. The molecule has 0 saturated carbocycles. The van der Waals surface area contributed by atoms with Gasteiger partial charge in [0.15, 0.2) is 0 Å². The first-order valence-corrected chi connectivity index (χ1v) is 7.01. The molecule has 2 nitrogen and oxygen atoms in total. The van der Waals surface area contributed by atoms with Gasteiger partial charge < -0.3 is 10.1 Å². The van der Waals surface area contributed by atoms with Gasteiger partial charge in [-0.15, -0.1) is 0 Å². The van der Waals surface area contributed by atoms with Crippen molar-refractivity contribution in [3.63, 3.8) is 0 Å². The van der Waals surface area contributed by atoms with Crippen LogP contribution in [0.5, 0.6) is 5.75 Å². The van der Waals surface area contributed by atoms with E-state index in [9.17, 15) is 0 Å². The van der Waals surface area contributed by atoms with Gasteiger partial charge in [-0.1, -0.05) is 39.3 Å². The molecule has 1 aromatic rings. The molecule has 1 N–H and O–H groups in total. The van der Waals surface area contributed by atoms with E-state index in [1.807, 2.05) is 0 Å². The Kier molecular flexibility index (Phi) is 6.20. The third-order valence-electron chi connectivity index (χ3n) is 3.61. The summed E-state index contributed by atoms with van der Waals surface area (Å²) < 4.78 is 5.33. The lowest BCUT2D eigenvalue weighted by Crippen LogP contribution is -2.27. The van der Waals surface area contributed by atoms with E-state index < -0.39 is 0 Å². The molecule has 0 fully saturated rings. The van der Waals surface area contributed by atoms with Crippen LogP contribution >= 0.6 is 0 Å². The summed E-state index contributed by atoms with van der Waals surface area (Å²) >= 11 is 0. The SMILES string of the molecule is CCCNC(c1ccc(OC)c(C)c1)C(C)CC. The molecule has 1 aromatic carbocycles.